The van der Waals surface area contributed by atoms with Gasteiger partial charge in [0.1, 0.15) is 0 Å². The molecule has 1 aromatic heterocycles. The van der Waals surface area contributed by atoms with Gasteiger partial charge in [0.25, 0.3) is 0 Å². The third-order valence-electron chi connectivity index (χ3n) is 3.26. The summed E-state index contributed by atoms with van der Waals surface area (Å²) in [4.78, 5) is 17.7. The molecule has 0 atom stereocenters. The summed E-state index contributed by atoms with van der Waals surface area (Å²) in [6, 6.07) is 3.98. The van der Waals surface area contributed by atoms with Gasteiger partial charge in [-0.05, 0) is 43.5 Å². The Morgan fingerprint density at radius 2 is 1.89 bits per heavy atom. The fourth-order valence-electron chi connectivity index (χ4n) is 1.94. The summed E-state index contributed by atoms with van der Waals surface area (Å²) in [6.07, 6.45) is 9.37. The zero-order valence-corrected chi connectivity index (χ0v) is 11.8. The summed E-state index contributed by atoms with van der Waals surface area (Å²) < 4.78 is 0. The van der Waals surface area contributed by atoms with Crippen LogP contribution >= 0.6 is 0 Å². The maximum absolute atomic E-state index is 11.9. The molecule has 0 aromatic carbocycles. The number of nitrogens with two attached hydrogens (primary N) is 1. The van der Waals surface area contributed by atoms with E-state index in [1.807, 2.05) is 24.1 Å². The van der Waals surface area contributed by atoms with Gasteiger partial charge in [0.2, 0.25) is 5.91 Å². The Kier molecular flexibility index (Phi) is 7.82. The lowest BCUT2D eigenvalue weighted by molar-refractivity contribution is -0.130. The first-order chi connectivity index (χ1) is 9.24. The van der Waals surface area contributed by atoms with E-state index in [1.54, 1.807) is 12.4 Å². The minimum atomic E-state index is 0.238. The van der Waals surface area contributed by atoms with Crippen molar-refractivity contribution in [3.05, 3.63) is 30.1 Å². The third-order valence-corrected chi connectivity index (χ3v) is 3.26. The van der Waals surface area contributed by atoms with Crippen molar-refractivity contribution in [3.63, 3.8) is 0 Å². The highest BCUT2D eigenvalue weighted by molar-refractivity contribution is 5.75. The van der Waals surface area contributed by atoms with Crippen molar-refractivity contribution >= 4 is 5.91 Å². The SMILES string of the molecule is CN(CCc1ccncc1)C(=O)CCCCCCN. The minimum absolute atomic E-state index is 0.238. The molecular formula is C15H25N3O. The summed E-state index contributed by atoms with van der Waals surface area (Å²) in [6.45, 7) is 1.52. The number of carbonyl (C=O) groups is 1. The van der Waals surface area contributed by atoms with Gasteiger partial charge >= 0.3 is 0 Å². The van der Waals surface area contributed by atoms with Gasteiger partial charge in [-0.15, -0.1) is 0 Å². The number of aromatic nitrogens is 1. The monoisotopic (exact) mass is 263 g/mol. The number of hydrogen-bond donors (Lipinski definition) is 1. The lowest BCUT2D eigenvalue weighted by atomic mass is 10.1. The predicted molar refractivity (Wildman–Crippen MR) is 77.7 cm³/mol. The lowest BCUT2D eigenvalue weighted by Crippen LogP contribution is -2.28. The molecule has 1 aromatic rings. The second kappa shape index (κ2) is 9.50. The Bertz CT molecular complexity index is 354. The molecule has 0 unspecified atom stereocenters. The molecule has 0 radical (unpaired) electrons. The number of hydrogen-bond acceptors (Lipinski definition) is 3. The Balaban J connectivity index is 2.14. The molecule has 1 rings (SSSR count). The van der Waals surface area contributed by atoms with Crippen LogP contribution in [0.4, 0.5) is 0 Å². The topological polar surface area (TPSA) is 59.2 Å². The first-order valence-electron chi connectivity index (χ1n) is 7.07. The van der Waals surface area contributed by atoms with E-state index < -0.39 is 0 Å². The number of amides is 1. The van der Waals surface area contributed by atoms with Crippen molar-refractivity contribution in [1.29, 1.82) is 0 Å². The average molecular weight is 263 g/mol. The highest BCUT2D eigenvalue weighted by Gasteiger charge is 2.07. The normalized spacial score (nSPS) is 10.4. The van der Waals surface area contributed by atoms with Gasteiger partial charge in [-0.2, -0.15) is 0 Å². The van der Waals surface area contributed by atoms with Crippen LogP contribution in [0, 0.1) is 0 Å². The molecule has 0 bridgehead atoms. The van der Waals surface area contributed by atoms with Crippen LogP contribution in [0.5, 0.6) is 0 Å². The summed E-state index contributed by atoms with van der Waals surface area (Å²) in [5, 5.41) is 0. The Labute approximate surface area is 116 Å². The number of likely N-dealkylation sites (N-methyl/N-ethyl adjacent to an activating group) is 1. The largest absolute Gasteiger partial charge is 0.345 e. The van der Waals surface area contributed by atoms with E-state index in [9.17, 15) is 4.79 Å². The van der Waals surface area contributed by atoms with E-state index in [4.69, 9.17) is 5.73 Å². The van der Waals surface area contributed by atoms with Crippen LogP contribution in [0.1, 0.15) is 37.7 Å². The van der Waals surface area contributed by atoms with Crippen molar-refractivity contribution in [3.8, 4) is 0 Å². The van der Waals surface area contributed by atoms with Gasteiger partial charge in [-0.25, -0.2) is 0 Å². The number of unbranched alkanes of at least 4 members (excludes halogenated alkanes) is 3. The van der Waals surface area contributed by atoms with Crippen LogP contribution in [0.3, 0.4) is 0 Å². The maximum atomic E-state index is 11.9. The van der Waals surface area contributed by atoms with Crippen LogP contribution in [0.25, 0.3) is 0 Å². The molecule has 0 aliphatic rings. The molecule has 0 spiro atoms. The van der Waals surface area contributed by atoms with Crippen molar-refractivity contribution in [1.82, 2.24) is 9.88 Å². The first-order valence-corrected chi connectivity index (χ1v) is 7.07. The van der Waals surface area contributed by atoms with Gasteiger partial charge in [0.15, 0.2) is 0 Å². The molecule has 0 saturated carbocycles. The standard InChI is InChI=1S/C15H25N3O/c1-18(13-9-14-7-11-17-12-8-14)15(19)6-4-2-3-5-10-16/h7-8,11-12H,2-6,9-10,13,16H2,1H3. The molecule has 0 aliphatic carbocycles. The highest BCUT2D eigenvalue weighted by Crippen LogP contribution is 2.05. The quantitative estimate of drug-likeness (QED) is 0.693. The van der Waals surface area contributed by atoms with Crippen LogP contribution < -0.4 is 5.73 Å². The zero-order chi connectivity index (χ0) is 13.9. The van der Waals surface area contributed by atoms with Gasteiger partial charge in [0.05, 0.1) is 0 Å². The van der Waals surface area contributed by atoms with Crippen LogP contribution in [0.15, 0.2) is 24.5 Å². The fourth-order valence-corrected chi connectivity index (χ4v) is 1.94. The molecule has 1 amide bonds. The third kappa shape index (κ3) is 6.91. The Hall–Kier alpha value is -1.42. The fraction of sp³-hybridized carbons (Fsp3) is 0.600. The molecule has 19 heavy (non-hydrogen) atoms. The van der Waals surface area contributed by atoms with E-state index >= 15 is 0 Å². The smallest absolute Gasteiger partial charge is 0.222 e. The van der Waals surface area contributed by atoms with Crippen LogP contribution in [-0.4, -0.2) is 35.9 Å². The van der Waals surface area contributed by atoms with Crippen molar-refractivity contribution in [2.24, 2.45) is 5.73 Å². The van der Waals surface area contributed by atoms with Crippen molar-refractivity contribution in [2.75, 3.05) is 20.1 Å². The molecule has 0 saturated heterocycles. The number of pyridine rings is 1. The molecule has 1 heterocycles. The summed E-state index contributed by atoms with van der Waals surface area (Å²) in [5.74, 6) is 0.238. The second-order valence-corrected chi connectivity index (χ2v) is 4.87. The second-order valence-electron chi connectivity index (χ2n) is 4.87. The predicted octanol–water partition coefficient (Wildman–Crippen LogP) is 1.99. The number of nitrogens with zero attached hydrogens (tertiary/aromatic N) is 2. The van der Waals surface area contributed by atoms with E-state index in [-0.39, 0.29) is 5.91 Å². The van der Waals surface area contributed by atoms with Gasteiger partial charge in [-0.3, -0.25) is 9.78 Å². The molecule has 4 heteroatoms. The van der Waals surface area contributed by atoms with E-state index in [2.05, 4.69) is 4.98 Å². The van der Waals surface area contributed by atoms with Crippen molar-refractivity contribution < 1.29 is 4.79 Å². The van der Waals surface area contributed by atoms with Gasteiger partial charge in [-0.1, -0.05) is 12.8 Å². The van der Waals surface area contributed by atoms with E-state index in [1.165, 1.54) is 5.56 Å². The molecule has 106 valence electrons. The summed E-state index contributed by atoms with van der Waals surface area (Å²) >= 11 is 0. The Morgan fingerprint density at radius 3 is 2.58 bits per heavy atom. The Morgan fingerprint density at radius 1 is 1.21 bits per heavy atom. The molecule has 0 aliphatic heterocycles. The van der Waals surface area contributed by atoms with Crippen molar-refractivity contribution in [2.45, 2.75) is 38.5 Å². The van der Waals surface area contributed by atoms with Gasteiger partial charge in [0, 0.05) is 32.4 Å². The zero-order valence-electron chi connectivity index (χ0n) is 11.8. The summed E-state index contributed by atoms with van der Waals surface area (Å²) in [7, 11) is 1.88. The number of rotatable bonds is 9. The maximum Gasteiger partial charge on any atom is 0.222 e. The average Bonchev–Trinajstić information content (AvgIpc) is 2.45. The highest BCUT2D eigenvalue weighted by atomic mass is 16.2. The number of carbonyl (C=O) groups excluding carboxylic acids is 1. The van der Waals surface area contributed by atoms with Gasteiger partial charge < -0.3 is 10.6 Å². The molecule has 0 fully saturated rings. The van der Waals surface area contributed by atoms with Crippen LogP contribution in [-0.2, 0) is 11.2 Å². The first kappa shape index (κ1) is 15.6. The molecule has 4 nitrogen and oxygen atoms in total. The van der Waals surface area contributed by atoms with E-state index in [0.717, 1.165) is 45.2 Å². The lowest BCUT2D eigenvalue weighted by Gasteiger charge is -2.17. The summed E-state index contributed by atoms with van der Waals surface area (Å²) in [5.41, 5.74) is 6.65. The van der Waals surface area contributed by atoms with E-state index in [0.29, 0.717) is 6.42 Å². The van der Waals surface area contributed by atoms with Crippen LogP contribution in [0.2, 0.25) is 0 Å². The molecule has 2 N–H and O–H groups in total. The molecular weight excluding hydrogens is 238 g/mol. The minimum Gasteiger partial charge on any atom is -0.345 e.